The number of likely N-dealkylation sites (tertiary alicyclic amines) is 1. The number of nitrogens with zero attached hydrogens (tertiary/aromatic N) is 1. The van der Waals surface area contributed by atoms with Gasteiger partial charge < -0.3 is 20.7 Å². The Hall–Kier alpha value is -2.57. The minimum Gasteiger partial charge on any atom is -0.467 e. The smallest absolute Gasteiger partial charge is 0.258 e. The molecule has 1 saturated heterocycles. The zero-order chi connectivity index (χ0) is 20.2. The number of para-hydroxylation sites is 1. The summed E-state index contributed by atoms with van der Waals surface area (Å²) in [5, 5.41) is 3.14. The van der Waals surface area contributed by atoms with Gasteiger partial charge in [-0.25, -0.2) is 0 Å². The first-order chi connectivity index (χ1) is 14.0. The van der Waals surface area contributed by atoms with Crippen LogP contribution in [0.25, 0.3) is 0 Å². The van der Waals surface area contributed by atoms with E-state index in [4.69, 9.17) is 10.5 Å². The van der Waals surface area contributed by atoms with E-state index in [9.17, 15) is 14.4 Å². The van der Waals surface area contributed by atoms with Gasteiger partial charge in [-0.1, -0.05) is 12.1 Å². The highest BCUT2D eigenvalue weighted by Gasteiger charge is 2.57. The molecule has 1 spiro atoms. The Morgan fingerprint density at radius 2 is 1.90 bits per heavy atom. The average molecular weight is 397 g/mol. The number of carbonyl (C=O) groups excluding carboxylic acids is 3. The van der Waals surface area contributed by atoms with Crippen molar-refractivity contribution in [3.63, 3.8) is 0 Å². The molecule has 4 fully saturated rings. The van der Waals surface area contributed by atoms with Gasteiger partial charge in [0.15, 0.2) is 5.72 Å². The number of benzene rings is 1. The molecule has 29 heavy (non-hydrogen) atoms. The molecule has 2 aliphatic heterocycles. The number of fused-ring (bicyclic) bond motifs is 3. The van der Waals surface area contributed by atoms with Crippen LogP contribution in [-0.2, 0) is 9.59 Å². The molecule has 5 aliphatic rings. The van der Waals surface area contributed by atoms with Gasteiger partial charge in [0.1, 0.15) is 5.75 Å². The minimum atomic E-state index is -0.690. The van der Waals surface area contributed by atoms with E-state index in [1.165, 1.54) is 0 Å². The van der Waals surface area contributed by atoms with Crippen LogP contribution in [0.5, 0.6) is 5.75 Å². The molecule has 4 atom stereocenters. The highest BCUT2D eigenvalue weighted by Crippen LogP contribution is 2.52. The summed E-state index contributed by atoms with van der Waals surface area (Å²) >= 11 is 0. The lowest BCUT2D eigenvalue weighted by molar-refractivity contribution is -0.157. The quantitative estimate of drug-likeness (QED) is 0.792. The van der Waals surface area contributed by atoms with E-state index in [1.54, 1.807) is 6.07 Å². The summed E-state index contributed by atoms with van der Waals surface area (Å²) in [5.41, 5.74) is 5.30. The molecular weight excluding hydrogens is 370 g/mol. The summed E-state index contributed by atoms with van der Waals surface area (Å²) in [6, 6.07) is 7.35. The Bertz CT molecular complexity index is 863. The van der Waals surface area contributed by atoms with Crippen LogP contribution < -0.4 is 15.8 Å². The highest BCUT2D eigenvalue weighted by molar-refractivity contribution is 5.98. The predicted octanol–water partition coefficient (Wildman–Crippen LogP) is 1.67. The van der Waals surface area contributed by atoms with Crippen molar-refractivity contribution in [2.24, 2.45) is 29.4 Å². The van der Waals surface area contributed by atoms with Crippen LogP contribution in [0.2, 0.25) is 0 Å². The number of carbonyl (C=O) groups is 3. The number of amides is 3. The van der Waals surface area contributed by atoms with Crippen molar-refractivity contribution in [3.8, 4) is 5.75 Å². The molecule has 0 unspecified atom stereocenters. The molecule has 2 bridgehead atoms. The van der Waals surface area contributed by atoms with Crippen LogP contribution >= 0.6 is 0 Å². The maximum atomic E-state index is 13.2. The molecule has 0 aromatic heterocycles. The number of hydrogen-bond acceptors (Lipinski definition) is 4. The summed E-state index contributed by atoms with van der Waals surface area (Å²) in [5.74, 6) is 0.671. The number of nitrogens with two attached hydrogens (primary N) is 1. The van der Waals surface area contributed by atoms with Crippen molar-refractivity contribution >= 4 is 17.7 Å². The first-order valence-electron chi connectivity index (χ1n) is 10.7. The maximum absolute atomic E-state index is 13.2. The zero-order valence-electron chi connectivity index (χ0n) is 16.4. The maximum Gasteiger partial charge on any atom is 0.258 e. The van der Waals surface area contributed by atoms with Crippen molar-refractivity contribution in [2.75, 3.05) is 13.1 Å². The standard InChI is InChI=1S/C22H27N3O4/c23-19(26)13-7-9-25(10-8-13)21(28)17-11-15-6-5-14(17)12-22(15)24-20(27)16-3-1-2-4-18(16)29-22/h1-4,13-15,17H,5-12H2,(H2,23,26)(H,24,27)/t14-,15+,17+,22-/m0/s1. The Morgan fingerprint density at radius 3 is 2.59 bits per heavy atom. The van der Waals surface area contributed by atoms with Gasteiger partial charge in [-0.3, -0.25) is 14.4 Å². The molecule has 1 aromatic carbocycles. The number of hydrogen-bond donors (Lipinski definition) is 2. The molecule has 3 N–H and O–H groups in total. The van der Waals surface area contributed by atoms with Gasteiger partial charge in [-0.15, -0.1) is 0 Å². The number of nitrogens with one attached hydrogen (secondary N) is 1. The van der Waals surface area contributed by atoms with E-state index < -0.39 is 5.72 Å². The van der Waals surface area contributed by atoms with Crippen LogP contribution in [0.4, 0.5) is 0 Å². The monoisotopic (exact) mass is 397 g/mol. The fourth-order valence-corrected chi connectivity index (χ4v) is 5.88. The number of ether oxygens (including phenoxy) is 1. The fraction of sp³-hybridized carbons (Fsp3) is 0.591. The van der Waals surface area contributed by atoms with Gasteiger partial charge in [0.05, 0.1) is 5.56 Å². The number of primary amides is 1. The van der Waals surface area contributed by atoms with Gasteiger partial charge in [-0.05, 0) is 50.2 Å². The zero-order valence-corrected chi connectivity index (χ0v) is 16.4. The molecule has 2 heterocycles. The molecule has 1 aromatic rings. The third-order valence-corrected chi connectivity index (χ3v) is 7.49. The van der Waals surface area contributed by atoms with Crippen molar-refractivity contribution < 1.29 is 19.1 Å². The minimum absolute atomic E-state index is 0.0258. The summed E-state index contributed by atoms with van der Waals surface area (Å²) in [6.07, 6.45) is 4.67. The van der Waals surface area contributed by atoms with Crippen LogP contribution in [0.3, 0.4) is 0 Å². The Balaban J connectivity index is 1.31. The van der Waals surface area contributed by atoms with E-state index in [-0.39, 0.29) is 41.4 Å². The molecule has 6 rings (SSSR count). The first-order valence-corrected chi connectivity index (χ1v) is 10.7. The van der Waals surface area contributed by atoms with E-state index >= 15 is 0 Å². The van der Waals surface area contributed by atoms with E-state index in [1.807, 2.05) is 23.1 Å². The third-order valence-electron chi connectivity index (χ3n) is 7.49. The molecular formula is C22H27N3O4. The second-order valence-corrected chi connectivity index (χ2v) is 9.02. The summed E-state index contributed by atoms with van der Waals surface area (Å²) in [6.45, 7) is 1.21. The SMILES string of the molecule is NC(=O)C1CCN(C(=O)[C@@H]2C[C@H]3CC[C@H]2C[C@@]32NC(=O)c3ccccc3O2)CC1. The Kier molecular flexibility index (Phi) is 4.29. The lowest BCUT2D eigenvalue weighted by Crippen LogP contribution is -2.67. The van der Waals surface area contributed by atoms with Crippen LogP contribution in [-0.4, -0.2) is 41.4 Å². The van der Waals surface area contributed by atoms with Gasteiger partial charge in [0.2, 0.25) is 11.8 Å². The van der Waals surface area contributed by atoms with E-state index in [2.05, 4.69) is 5.32 Å². The molecule has 7 nitrogen and oxygen atoms in total. The normalized spacial score (nSPS) is 33.7. The number of rotatable bonds is 2. The van der Waals surface area contributed by atoms with E-state index in [0.717, 1.165) is 19.3 Å². The van der Waals surface area contributed by atoms with Gasteiger partial charge in [0.25, 0.3) is 5.91 Å². The second kappa shape index (κ2) is 6.75. The highest BCUT2D eigenvalue weighted by atomic mass is 16.5. The lowest BCUT2D eigenvalue weighted by atomic mass is 9.59. The predicted molar refractivity (Wildman–Crippen MR) is 105 cm³/mol. The largest absolute Gasteiger partial charge is 0.467 e. The van der Waals surface area contributed by atoms with Gasteiger partial charge in [-0.2, -0.15) is 0 Å². The van der Waals surface area contributed by atoms with Gasteiger partial charge >= 0.3 is 0 Å². The first kappa shape index (κ1) is 18.5. The lowest BCUT2D eigenvalue weighted by Gasteiger charge is -2.55. The van der Waals surface area contributed by atoms with Crippen LogP contribution in [0.1, 0.15) is 48.9 Å². The summed E-state index contributed by atoms with van der Waals surface area (Å²) in [7, 11) is 0. The fourth-order valence-electron chi connectivity index (χ4n) is 5.88. The average Bonchev–Trinajstić information content (AvgIpc) is 2.73. The molecule has 154 valence electrons. The van der Waals surface area contributed by atoms with Crippen LogP contribution in [0.15, 0.2) is 24.3 Å². The molecule has 7 heteroatoms. The summed E-state index contributed by atoms with van der Waals surface area (Å²) < 4.78 is 6.37. The van der Waals surface area contributed by atoms with Crippen molar-refractivity contribution in [3.05, 3.63) is 29.8 Å². The van der Waals surface area contributed by atoms with Crippen molar-refractivity contribution in [2.45, 2.75) is 44.2 Å². The van der Waals surface area contributed by atoms with Crippen molar-refractivity contribution in [1.82, 2.24) is 10.2 Å². The van der Waals surface area contributed by atoms with Crippen LogP contribution in [0, 0.1) is 23.7 Å². The molecule has 3 aliphatic carbocycles. The van der Waals surface area contributed by atoms with Crippen molar-refractivity contribution in [1.29, 1.82) is 0 Å². The Morgan fingerprint density at radius 1 is 1.14 bits per heavy atom. The number of piperidine rings is 1. The summed E-state index contributed by atoms with van der Waals surface area (Å²) in [4.78, 5) is 39.2. The van der Waals surface area contributed by atoms with E-state index in [0.29, 0.717) is 43.7 Å². The van der Waals surface area contributed by atoms with Gasteiger partial charge in [0, 0.05) is 37.3 Å². The molecule has 3 saturated carbocycles. The molecule has 3 amide bonds. The molecule has 0 radical (unpaired) electrons. The Labute approximate surface area is 169 Å². The second-order valence-electron chi connectivity index (χ2n) is 9.02. The third kappa shape index (κ3) is 2.98. The topological polar surface area (TPSA) is 102 Å².